The largest absolute Gasteiger partial charge is 0.490 e. The number of para-hydroxylation sites is 3. The first-order valence-corrected chi connectivity index (χ1v) is 7.94. The summed E-state index contributed by atoms with van der Waals surface area (Å²) in [5, 5.41) is 0. The highest BCUT2D eigenvalue weighted by Gasteiger charge is 2.06. The van der Waals surface area contributed by atoms with Crippen LogP contribution >= 0.6 is 0 Å². The molecule has 4 heteroatoms. The molecule has 0 bridgehead atoms. The molecule has 2 aromatic carbocycles. The Kier molecular flexibility index (Phi) is 6.90. The minimum Gasteiger partial charge on any atom is -0.490 e. The van der Waals surface area contributed by atoms with E-state index in [9.17, 15) is 4.79 Å². The summed E-state index contributed by atoms with van der Waals surface area (Å²) < 4.78 is 16.7. The predicted octanol–water partition coefficient (Wildman–Crippen LogP) is 4.76. The van der Waals surface area contributed by atoms with Crippen molar-refractivity contribution in [2.24, 2.45) is 0 Å². The molecule has 24 heavy (non-hydrogen) atoms. The van der Waals surface area contributed by atoms with E-state index in [1.807, 2.05) is 54.6 Å². The van der Waals surface area contributed by atoms with Crippen LogP contribution in [0, 0.1) is 0 Å². The maximum absolute atomic E-state index is 11.2. The van der Waals surface area contributed by atoms with Crippen LogP contribution in [0.3, 0.4) is 0 Å². The molecule has 0 saturated heterocycles. The number of carbonyl (C=O) groups excluding carboxylic acids is 1. The Bertz CT molecular complexity index is 664. The number of hydrogen-bond acceptors (Lipinski definition) is 4. The van der Waals surface area contributed by atoms with Crippen LogP contribution in [0.1, 0.15) is 19.8 Å². The number of unbranched alkanes of at least 4 members (excludes halogenated alkanes) is 1. The smallest absolute Gasteiger partial charge is 0.333 e. The molecule has 0 aliphatic rings. The van der Waals surface area contributed by atoms with Gasteiger partial charge in [0.05, 0.1) is 13.2 Å². The van der Waals surface area contributed by atoms with Crippen LogP contribution in [0.5, 0.6) is 17.2 Å². The van der Waals surface area contributed by atoms with Gasteiger partial charge in [0.1, 0.15) is 5.75 Å². The van der Waals surface area contributed by atoms with Crippen molar-refractivity contribution >= 4 is 5.97 Å². The van der Waals surface area contributed by atoms with Gasteiger partial charge in [-0.1, -0.05) is 36.9 Å². The van der Waals surface area contributed by atoms with Gasteiger partial charge in [0, 0.05) is 5.57 Å². The van der Waals surface area contributed by atoms with Gasteiger partial charge in [0.25, 0.3) is 0 Å². The molecule has 0 radical (unpaired) electrons. The number of ether oxygens (including phenoxy) is 3. The minimum atomic E-state index is -0.350. The zero-order valence-corrected chi connectivity index (χ0v) is 13.9. The molecule has 0 saturated carbocycles. The van der Waals surface area contributed by atoms with Gasteiger partial charge in [0.2, 0.25) is 0 Å². The van der Waals surface area contributed by atoms with Crippen LogP contribution in [0.2, 0.25) is 0 Å². The highest BCUT2D eigenvalue weighted by Crippen LogP contribution is 2.31. The maximum atomic E-state index is 11.2. The van der Waals surface area contributed by atoms with Crippen molar-refractivity contribution in [1.29, 1.82) is 0 Å². The second-order valence-corrected chi connectivity index (χ2v) is 5.33. The van der Waals surface area contributed by atoms with E-state index in [0.717, 1.165) is 18.6 Å². The van der Waals surface area contributed by atoms with Crippen molar-refractivity contribution in [3.63, 3.8) is 0 Å². The van der Waals surface area contributed by atoms with Crippen LogP contribution in [0.25, 0.3) is 0 Å². The number of rotatable bonds is 9. The van der Waals surface area contributed by atoms with Gasteiger partial charge in [-0.15, -0.1) is 0 Å². The second kappa shape index (κ2) is 9.40. The molecule has 0 heterocycles. The summed E-state index contributed by atoms with van der Waals surface area (Å²) in [6.07, 6.45) is 1.52. The Labute approximate surface area is 142 Å². The Hall–Kier alpha value is -2.75. The topological polar surface area (TPSA) is 44.8 Å². The molecule has 0 aliphatic heterocycles. The van der Waals surface area contributed by atoms with Crippen molar-refractivity contribution in [3.05, 3.63) is 66.7 Å². The lowest BCUT2D eigenvalue weighted by molar-refractivity contribution is -0.139. The van der Waals surface area contributed by atoms with E-state index in [0.29, 0.717) is 30.3 Å². The van der Waals surface area contributed by atoms with Crippen LogP contribution in [0.4, 0.5) is 0 Å². The van der Waals surface area contributed by atoms with Crippen molar-refractivity contribution in [2.75, 3.05) is 13.2 Å². The summed E-state index contributed by atoms with van der Waals surface area (Å²) in [5.74, 6) is 1.79. The molecule has 0 amide bonds. The van der Waals surface area contributed by atoms with E-state index in [1.165, 1.54) is 0 Å². The zero-order chi connectivity index (χ0) is 17.2. The summed E-state index contributed by atoms with van der Waals surface area (Å²) >= 11 is 0. The van der Waals surface area contributed by atoms with Crippen molar-refractivity contribution in [1.82, 2.24) is 0 Å². The molecule has 0 aliphatic carbocycles. The molecule has 4 nitrogen and oxygen atoms in total. The number of hydrogen-bond donors (Lipinski definition) is 0. The van der Waals surface area contributed by atoms with E-state index in [-0.39, 0.29) is 5.97 Å². The first-order chi connectivity index (χ1) is 11.7. The third kappa shape index (κ3) is 5.80. The molecular formula is C20H22O4. The predicted molar refractivity (Wildman–Crippen MR) is 93.5 cm³/mol. The first kappa shape index (κ1) is 17.6. The average molecular weight is 326 g/mol. The lowest BCUT2D eigenvalue weighted by atomic mass is 10.3. The van der Waals surface area contributed by atoms with Gasteiger partial charge in [-0.3, -0.25) is 0 Å². The molecule has 2 aromatic rings. The molecule has 2 rings (SSSR count). The molecule has 0 spiro atoms. The first-order valence-electron chi connectivity index (χ1n) is 7.94. The fourth-order valence-electron chi connectivity index (χ4n) is 1.94. The fourth-order valence-corrected chi connectivity index (χ4v) is 1.94. The van der Waals surface area contributed by atoms with Gasteiger partial charge >= 0.3 is 5.97 Å². The third-order valence-electron chi connectivity index (χ3n) is 3.20. The van der Waals surface area contributed by atoms with Crippen LogP contribution < -0.4 is 9.47 Å². The van der Waals surface area contributed by atoms with Crippen molar-refractivity contribution in [2.45, 2.75) is 19.8 Å². The van der Waals surface area contributed by atoms with E-state index < -0.39 is 0 Å². The summed E-state index contributed by atoms with van der Waals surface area (Å²) in [6, 6.07) is 17.1. The lowest BCUT2D eigenvalue weighted by Crippen LogP contribution is -2.07. The summed E-state index contributed by atoms with van der Waals surface area (Å²) in [4.78, 5) is 11.2. The lowest BCUT2D eigenvalue weighted by Gasteiger charge is -2.12. The Morgan fingerprint density at radius 3 is 2.25 bits per heavy atom. The van der Waals surface area contributed by atoms with Gasteiger partial charge in [-0.25, -0.2) is 4.79 Å². The zero-order valence-electron chi connectivity index (χ0n) is 13.9. The van der Waals surface area contributed by atoms with Crippen molar-refractivity contribution in [3.8, 4) is 17.2 Å². The SMILES string of the molecule is C=C(C)C(=O)OCCCCOc1ccccc1Oc1ccccc1. The normalized spacial score (nSPS) is 10.0. The van der Waals surface area contributed by atoms with Crippen LogP contribution in [-0.2, 0) is 9.53 Å². The fraction of sp³-hybridized carbons (Fsp3) is 0.250. The van der Waals surface area contributed by atoms with E-state index in [2.05, 4.69) is 6.58 Å². The van der Waals surface area contributed by atoms with Gasteiger partial charge in [-0.2, -0.15) is 0 Å². The third-order valence-corrected chi connectivity index (χ3v) is 3.20. The van der Waals surface area contributed by atoms with Crippen molar-refractivity contribution < 1.29 is 19.0 Å². The van der Waals surface area contributed by atoms with Gasteiger partial charge in [-0.05, 0) is 44.0 Å². The van der Waals surface area contributed by atoms with Crippen LogP contribution in [0.15, 0.2) is 66.7 Å². The highest BCUT2D eigenvalue weighted by molar-refractivity contribution is 5.86. The average Bonchev–Trinajstić information content (AvgIpc) is 2.60. The molecule has 0 aromatic heterocycles. The number of esters is 1. The molecule has 0 atom stereocenters. The number of carbonyl (C=O) groups is 1. The Morgan fingerprint density at radius 1 is 0.917 bits per heavy atom. The summed E-state index contributed by atoms with van der Waals surface area (Å²) in [7, 11) is 0. The summed E-state index contributed by atoms with van der Waals surface area (Å²) in [6.45, 7) is 6.07. The minimum absolute atomic E-state index is 0.350. The highest BCUT2D eigenvalue weighted by atomic mass is 16.5. The van der Waals surface area contributed by atoms with Crippen LogP contribution in [-0.4, -0.2) is 19.2 Å². The summed E-state index contributed by atoms with van der Waals surface area (Å²) in [5.41, 5.74) is 0.415. The molecule has 126 valence electrons. The van der Waals surface area contributed by atoms with E-state index in [1.54, 1.807) is 6.92 Å². The van der Waals surface area contributed by atoms with Gasteiger partial charge in [0.15, 0.2) is 11.5 Å². The monoisotopic (exact) mass is 326 g/mol. The van der Waals surface area contributed by atoms with E-state index >= 15 is 0 Å². The quantitative estimate of drug-likeness (QED) is 0.379. The Morgan fingerprint density at radius 2 is 1.54 bits per heavy atom. The van der Waals surface area contributed by atoms with E-state index in [4.69, 9.17) is 14.2 Å². The number of benzene rings is 2. The molecule has 0 N–H and O–H groups in total. The molecule has 0 unspecified atom stereocenters. The molecular weight excluding hydrogens is 304 g/mol. The standard InChI is InChI=1S/C20H22O4/c1-16(2)20(21)23-15-9-8-14-22-18-12-6-7-13-19(18)24-17-10-4-3-5-11-17/h3-7,10-13H,1,8-9,14-15H2,2H3. The second-order valence-electron chi connectivity index (χ2n) is 5.33. The molecule has 0 fully saturated rings. The maximum Gasteiger partial charge on any atom is 0.333 e. The van der Waals surface area contributed by atoms with Gasteiger partial charge < -0.3 is 14.2 Å². The Balaban J connectivity index is 1.77.